The highest BCUT2D eigenvalue weighted by Gasteiger charge is 2.42. The van der Waals surface area contributed by atoms with Crippen LogP contribution in [0, 0.1) is 5.92 Å². The molecule has 0 fully saturated rings. The van der Waals surface area contributed by atoms with E-state index in [0.717, 1.165) is 0 Å². The highest BCUT2D eigenvalue weighted by atomic mass is 28.4. The maximum atomic E-state index is 12.4. The molecule has 6 nitrogen and oxygen atoms in total. The molecule has 166 valence electrons. The lowest BCUT2D eigenvalue weighted by Crippen LogP contribution is -2.53. The molecule has 7 heteroatoms. The molecule has 1 amide bonds. The highest BCUT2D eigenvalue weighted by molar-refractivity contribution is 6.74. The van der Waals surface area contributed by atoms with Crippen LogP contribution in [0.1, 0.15) is 75.2 Å². The molecule has 0 aromatic carbocycles. The monoisotopic (exact) mass is 417 g/mol. The van der Waals surface area contributed by atoms with Gasteiger partial charge in [-0.2, -0.15) is 0 Å². The number of alkyl carbamates (subject to hydrolysis) is 1. The van der Waals surface area contributed by atoms with E-state index < -0.39 is 26.1 Å². The molecule has 0 rings (SSSR count). The Kier molecular flexibility index (Phi) is 10.2. The molecule has 0 aromatic rings. The van der Waals surface area contributed by atoms with Gasteiger partial charge in [0.25, 0.3) is 0 Å². The number of hydrogen-bond acceptors (Lipinski definition) is 5. The molecule has 2 atom stereocenters. The van der Waals surface area contributed by atoms with E-state index in [1.807, 2.05) is 20.8 Å². The summed E-state index contributed by atoms with van der Waals surface area (Å²) >= 11 is 0. The van der Waals surface area contributed by atoms with E-state index in [1.54, 1.807) is 6.92 Å². The van der Waals surface area contributed by atoms with Crippen LogP contribution in [0.3, 0.4) is 0 Å². The van der Waals surface area contributed by atoms with Crippen LogP contribution in [0.25, 0.3) is 0 Å². The van der Waals surface area contributed by atoms with E-state index in [-0.39, 0.29) is 23.5 Å². The predicted octanol–water partition coefficient (Wildman–Crippen LogP) is 5.27. The van der Waals surface area contributed by atoms with Gasteiger partial charge in [0, 0.05) is 0 Å². The van der Waals surface area contributed by atoms with Crippen molar-refractivity contribution in [2.45, 2.75) is 111 Å². The summed E-state index contributed by atoms with van der Waals surface area (Å²) < 4.78 is 17.2. The maximum absolute atomic E-state index is 12.4. The van der Waals surface area contributed by atoms with E-state index in [2.05, 4.69) is 53.0 Å². The van der Waals surface area contributed by atoms with Gasteiger partial charge in [-0.3, -0.25) is 4.79 Å². The lowest BCUT2D eigenvalue weighted by Gasteiger charge is -2.41. The fourth-order valence-electron chi connectivity index (χ4n) is 2.48. The van der Waals surface area contributed by atoms with Gasteiger partial charge in [-0.15, -0.1) is 0 Å². The summed E-state index contributed by atoms with van der Waals surface area (Å²) in [5, 5.41) is 2.94. The first-order valence-electron chi connectivity index (χ1n) is 10.3. The van der Waals surface area contributed by atoms with Crippen LogP contribution in [0.15, 0.2) is 0 Å². The molecule has 0 heterocycles. The minimum Gasteiger partial charge on any atom is -0.466 e. The molecule has 0 aliphatic rings. The summed E-state index contributed by atoms with van der Waals surface area (Å²) in [4.78, 5) is 24.7. The third kappa shape index (κ3) is 10.5. The molecular formula is C21H43NO5Si. The SMILES string of the molecule is CCOC(=O)C[C@H](O[Si](C)(C)C(C)(C)C)[C@@H](CC(C)C)NC(=O)OC(C)(C)C. The van der Waals surface area contributed by atoms with Crippen molar-refractivity contribution < 1.29 is 23.5 Å². The zero-order valence-corrected chi connectivity index (χ0v) is 20.9. The number of carbonyl (C=O) groups is 2. The van der Waals surface area contributed by atoms with Gasteiger partial charge >= 0.3 is 12.1 Å². The number of rotatable bonds is 9. The molecule has 0 bridgehead atoms. The maximum Gasteiger partial charge on any atom is 0.407 e. The standard InChI is InChI=1S/C21H43NO5Si/c1-12-25-18(23)14-17(27-28(10,11)21(7,8)9)16(13-15(2)3)22-19(24)26-20(4,5)6/h15-17H,12-14H2,1-11H3,(H,22,24)/t16-,17+/m1/s1. The third-order valence-electron chi connectivity index (χ3n) is 4.80. The molecule has 0 unspecified atom stereocenters. The first-order valence-corrected chi connectivity index (χ1v) is 13.2. The molecule has 0 aromatic heterocycles. The van der Waals surface area contributed by atoms with Crippen LogP contribution in [0.2, 0.25) is 18.1 Å². The van der Waals surface area contributed by atoms with Crippen LogP contribution in [-0.2, 0) is 18.7 Å². The normalized spacial score (nSPS) is 15.1. The summed E-state index contributed by atoms with van der Waals surface area (Å²) in [5.74, 6) is -0.00129. The lowest BCUT2D eigenvalue weighted by molar-refractivity contribution is -0.145. The Labute approximate surface area is 173 Å². The van der Waals surface area contributed by atoms with Gasteiger partial charge in [-0.1, -0.05) is 34.6 Å². The zero-order chi connectivity index (χ0) is 22.3. The van der Waals surface area contributed by atoms with Gasteiger partial charge in [-0.05, 0) is 58.2 Å². The number of amides is 1. The minimum atomic E-state index is -2.17. The Morgan fingerprint density at radius 3 is 1.96 bits per heavy atom. The molecule has 0 aliphatic carbocycles. The quantitative estimate of drug-likeness (QED) is 0.409. The Bertz CT molecular complexity index is 506. The van der Waals surface area contributed by atoms with Gasteiger partial charge in [0.05, 0.1) is 25.2 Å². The van der Waals surface area contributed by atoms with Crippen molar-refractivity contribution in [3.05, 3.63) is 0 Å². The molecule has 0 saturated carbocycles. The summed E-state index contributed by atoms with van der Waals surface area (Å²) in [6.45, 7) is 22.5. The second-order valence-electron chi connectivity index (χ2n) is 10.3. The Balaban J connectivity index is 5.67. The summed E-state index contributed by atoms with van der Waals surface area (Å²) in [6.07, 6.45) is -0.174. The van der Waals surface area contributed by atoms with Crippen molar-refractivity contribution in [1.82, 2.24) is 5.32 Å². The number of carbonyl (C=O) groups excluding carboxylic acids is 2. The zero-order valence-electron chi connectivity index (χ0n) is 19.9. The van der Waals surface area contributed by atoms with E-state index >= 15 is 0 Å². The largest absolute Gasteiger partial charge is 0.466 e. The second-order valence-corrected chi connectivity index (χ2v) is 15.1. The van der Waals surface area contributed by atoms with Crippen molar-refractivity contribution in [2.24, 2.45) is 5.92 Å². The van der Waals surface area contributed by atoms with Crippen molar-refractivity contribution in [2.75, 3.05) is 6.61 Å². The highest BCUT2D eigenvalue weighted by Crippen LogP contribution is 2.38. The molecule has 0 saturated heterocycles. The predicted molar refractivity (Wildman–Crippen MR) is 116 cm³/mol. The van der Waals surface area contributed by atoms with Gasteiger partial charge in [0.15, 0.2) is 8.32 Å². The minimum absolute atomic E-state index is 0.0196. The number of nitrogens with one attached hydrogen (secondary N) is 1. The second kappa shape index (κ2) is 10.6. The van der Waals surface area contributed by atoms with Crippen LogP contribution >= 0.6 is 0 Å². The fourth-order valence-corrected chi connectivity index (χ4v) is 3.83. The lowest BCUT2D eigenvalue weighted by atomic mass is 9.97. The van der Waals surface area contributed by atoms with Gasteiger partial charge in [-0.25, -0.2) is 4.79 Å². The third-order valence-corrected chi connectivity index (χ3v) is 9.31. The Morgan fingerprint density at radius 1 is 1.04 bits per heavy atom. The van der Waals surface area contributed by atoms with E-state index in [4.69, 9.17) is 13.9 Å². The van der Waals surface area contributed by atoms with Crippen molar-refractivity contribution in [3.8, 4) is 0 Å². The van der Waals surface area contributed by atoms with Crippen molar-refractivity contribution in [1.29, 1.82) is 0 Å². The fraction of sp³-hybridized carbons (Fsp3) is 0.905. The molecular weight excluding hydrogens is 374 g/mol. The van der Waals surface area contributed by atoms with Crippen molar-refractivity contribution in [3.63, 3.8) is 0 Å². The van der Waals surface area contributed by atoms with E-state index in [9.17, 15) is 9.59 Å². The van der Waals surface area contributed by atoms with Gasteiger partial charge < -0.3 is 19.2 Å². The molecule has 28 heavy (non-hydrogen) atoms. The van der Waals surface area contributed by atoms with Crippen molar-refractivity contribution >= 4 is 20.4 Å². The average molecular weight is 418 g/mol. The Morgan fingerprint density at radius 2 is 1.57 bits per heavy atom. The van der Waals surface area contributed by atoms with Crippen LogP contribution in [0.5, 0.6) is 0 Å². The van der Waals surface area contributed by atoms with E-state index in [1.165, 1.54) is 0 Å². The summed E-state index contributed by atoms with van der Waals surface area (Å²) in [7, 11) is -2.17. The van der Waals surface area contributed by atoms with Gasteiger partial charge in [0.1, 0.15) is 5.60 Å². The number of ether oxygens (including phenoxy) is 2. The molecule has 0 spiro atoms. The van der Waals surface area contributed by atoms with E-state index in [0.29, 0.717) is 18.9 Å². The number of esters is 1. The first-order chi connectivity index (χ1) is 12.5. The van der Waals surface area contributed by atoms with Gasteiger partial charge in [0.2, 0.25) is 0 Å². The topological polar surface area (TPSA) is 73.9 Å². The molecule has 1 N–H and O–H groups in total. The molecule has 0 radical (unpaired) electrons. The first kappa shape index (κ1) is 26.9. The molecule has 0 aliphatic heterocycles. The smallest absolute Gasteiger partial charge is 0.407 e. The van der Waals surface area contributed by atoms with Crippen LogP contribution in [0.4, 0.5) is 4.79 Å². The summed E-state index contributed by atoms with van der Waals surface area (Å²) in [6, 6.07) is -0.339. The summed E-state index contributed by atoms with van der Waals surface area (Å²) in [5.41, 5.74) is -0.594. The average Bonchev–Trinajstić information content (AvgIpc) is 2.42. The Hall–Kier alpha value is -1.08. The van der Waals surface area contributed by atoms with Crippen LogP contribution < -0.4 is 5.32 Å². The number of hydrogen-bond donors (Lipinski definition) is 1. The van der Waals surface area contributed by atoms with Crippen LogP contribution in [-0.4, -0.2) is 44.7 Å².